The van der Waals surface area contributed by atoms with E-state index in [0.717, 1.165) is 12.7 Å². The number of aromatic nitrogens is 1. The van der Waals surface area contributed by atoms with Gasteiger partial charge in [-0.05, 0) is 24.5 Å². The Bertz CT molecular complexity index is 643. The number of rotatable bonds is 5. The van der Waals surface area contributed by atoms with Crippen molar-refractivity contribution in [1.29, 1.82) is 0 Å². The summed E-state index contributed by atoms with van der Waals surface area (Å²) in [5.74, 6) is 0. The normalized spacial score (nSPS) is 12.1. The third-order valence-corrected chi connectivity index (χ3v) is 3.46. The number of nitrogens with zero attached hydrogens (tertiary/aromatic N) is 1. The lowest BCUT2D eigenvalue weighted by Gasteiger charge is -2.00. The Morgan fingerprint density at radius 2 is 2.00 bits per heavy atom. The Morgan fingerprint density at radius 1 is 1.28 bits per heavy atom. The first-order valence-electron chi connectivity index (χ1n) is 5.85. The van der Waals surface area contributed by atoms with Crippen molar-refractivity contribution in [2.75, 3.05) is 12.9 Å². The molecule has 0 saturated heterocycles. The molecular weight excluding hydrogens is 250 g/mol. The Balaban J connectivity index is 2.04. The van der Waals surface area contributed by atoms with Gasteiger partial charge in [0, 0.05) is 24.1 Å². The summed E-state index contributed by atoms with van der Waals surface area (Å²) >= 11 is 0. The highest BCUT2D eigenvalue weighted by atomic mass is 32.2. The molecule has 0 amide bonds. The number of benzene rings is 1. The first kappa shape index (κ1) is 13.1. The molecule has 0 aliphatic carbocycles. The van der Waals surface area contributed by atoms with Crippen LogP contribution in [0.5, 0.6) is 0 Å². The molecule has 5 heteroatoms. The number of hydrogen-bond acceptors (Lipinski definition) is 3. The number of aryl methyl sites for hydroxylation is 2. The summed E-state index contributed by atoms with van der Waals surface area (Å²) in [5, 5.41) is 1.22. The minimum absolute atomic E-state index is 0.238. The maximum Gasteiger partial charge on any atom is 0.264 e. The predicted octanol–water partition coefficient (Wildman–Crippen LogP) is 2.09. The lowest BCUT2D eigenvalue weighted by Crippen LogP contribution is -2.04. The summed E-state index contributed by atoms with van der Waals surface area (Å²) < 4.78 is 28.5. The molecule has 0 atom stereocenters. The van der Waals surface area contributed by atoms with E-state index in [-0.39, 0.29) is 6.61 Å². The quantitative estimate of drug-likeness (QED) is 0.615. The van der Waals surface area contributed by atoms with Gasteiger partial charge in [0.15, 0.2) is 0 Å². The zero-order chi connectivity index (χ0) is 13.2. The lowest BCUT2D eigenvalue weighted by molar-refractivity contribution is 0.316. The highest BCUT2D eigenvalue weighted by Gasteiger charge is 2.06. The molecule has 0 aliphatic heterocycles. The van der Waals surface area contributed by atoms with Crippen molar-refractivity contribution in [3.63, 3.8) is 0 Å². The minimum atomic E-state index is -3.32. The molecule has 0 N–H and O–H groups in total. The summed E-state index contributed by atoms with van der Waals surface area (Å²) in [6.07, 6.45) is 4.67. The van der Waals surface area contributed by atoms with Crippen molar-refractivity contribution >= 4 is 21.0 Å². The maximum atomic E-state index is 10.8. The fourth-order valence-corrected chi connectivity index (χ4v) is 2.52. The van der Waals surface area contributed by atoms with Gasteiger partial charge in [-0.1, -0.05) is 18.2 Å². The molecule has 0 spiro atoms. The van der Waals surface area contributed by atoms with Crippen LogP contribution >= 0.6 is 0 Å². The summed E-state index contributed by atoms with van der Waals surface area (Å²) in [4.78, 5) is 0. The van der Waals surface area contributed by atoms with E-state index >= 15 is 0 Å². The second-order valence-corrected chi connectivity index (χ2v) is 6.06. The molecule has 0 aliphatic rings. The van der Waals surface area contributed by atoms with E-state index in [4.69, 9.17) is 4.18 Å². The molecule has 1 aromatic carbocycles. The first-order chi connectivity index (χ1) is 8.47. The summed E-state index contributed by atoms with van der Waals surface area (Å²) in [6, 6.07) is 8.19. The smallest absolute Gasteiger partial charge is 0.264 e. The van der Waals surface area contributed by atoms with Gasteiger partial charge in [0.25, 0.3) is 10.1 Å². The molecule has 18 heavy (non-hydrogen) atoms. The van der Waals surface area contributed by atoms with Gasteiger partial charge in [-0.15, -0.1) is 0 Å². The average Bonchev–Trinajstić information content (AvgIpc) is 2.62. The number of fused-ring (bicyclic) bond motifs is 1. The monoisotopic (exact) mass is 267 g/mol. The van der Waals surface area contributed by atoms with Crippen LogP contribution in [0.1, 0.15) is 12.0 Å². The molecule has 0 fully saturated rings. The van der Waals surface area contributed by atoms with E-state index in [9.17, 15) is 8.42 Å². The molecule has 4 nitrogen and oxygen atoms in total. The summed E-state index contributed by atoms with van der Waals surface area (Å²) in [5.41, 5.74) is 2.42. The predicted molar refractivity (Wildman–Crippen MR) is 72.0 cm³/mol. The molecular formula is C13H17NO3S. The van der Waals surface area contributed by atoms with Gasteiger partial charge in [0.2, 0.25) is 0 Å². The van der Waals surface area contributed by atoms with Crippen LogP contribution in [0.25, 0.3) is 10.9 Å². The Hall–Kier alpha value is -1.33. The fourth-order valence-electron chi connectivity index (χ4n) is 2.10. The van der Waals surface area contributed by atoms with Crippen LogP contribution in [0.4, 0.5) is 0 Å². The van der Waals surface area contributed by atoms with Crippen molar-refractivity contribution in [2.24, 2.45) is 7.05 Å². The van der Waals surface area contributed by atoms with Gasteiger partial charge >= 0.3 is 0 Å². The van der Waals surface area contributed by atoms with Crippen molar-refractivity contribution in [3.05, 3.63) is 36.0 Å². The number of para-hydroxylation sites is 1. The standard InChI is InChI=1S/C13H17NO3S/c1-14-10-11(6-5-9-17-18(2,15)16)12-7-3-4-8-13(12)14/h3-4,7-8,10H,5-6,9H2,1-2H3. The van der Waals surface area contributed by atoms with Crippen molar-refractivity contribution in [1.82, 2.24) is 4.57 Å². The highest BCUT2D eigenvalue weighted by Crippen LogP contribution is 2.21. The van der Waals surface area contributed by atoms with E-state index in [1.165, 1.54) is 16.5 Å². The average molecular weight is 267 g/mol. The Morgan fingerprint density at radius 3 is 2.72 bits per heavy atom. The SMILES string of the molecule is Cn1cc(CCCOS(C)(=O)=O)c2ccccc21. The molecule has 98 valence electrons. The zero-order valence-electron chi connectivity index (χ0n) is 10.6. The topological polar surface area (TPSA) is 48.3 Å². The Kier molecular flexibility index (Phi) is 3.73. The van der Waals surface area contributed by atoms with Gasteiger partial charge in [0.1, 0.15) is 0 Å². The van der Waals surface area contributed by atoms with Crippen molar-refractivity contribution < 1.29 is 12.6 Å². The fraction of sp³-hybridized carbons (Fsp3) is 0.385. The van der Waals surface area contributed by atoms with Crippen molar-refractivity contribution in [3.8, 4) is 0 Å². The van der Waals surface area contributed by atoms with Gasteiger partial charge in [0.05, 0.1) is 12.9 Å². The van der Waals surface area contributed by atoms with E-state index < -0.39 is 10.1 Å². The summed E-state index contributed by atoms with van der Waals surface area (Å²) in [6.45, 7) is 0.238. The minimum Gasteiger partial charge on any atom is -0.350 e. The second-order valence-electron chi connectivity index (χ2n) is 4.41. The third-order valence-electron chi connectivity index (χ3n) is 2.87. The molecule has 1 aromatic heterocycles. The van der Waals surface area contributed by atoms with Crippen LogP contribution in [0.15, 0.2) is 30.5 Å². The first-order valence-corrected chi connectivity index (χ1v) is 7.66. The second kappa shape index (κ2) is 5.12. The van der Waals surface area contributed by atoms with Crippen LogP contribution in [-0.4, -0.2) is 25.8 Å². The zero-order valence-corrected chi connectivity index (χ0v) is 11.4. The van der Waals surface area contributed by atoms with E-state index in [1.807, 2.05) is 19.2 Å². The van der Waals surface area contributed by atoms with E-state index in [2.05, 4.69) is 22.9 Å². The van der Waals surface area contributed by atoms with E-state index in [0.29, 0.717) is 6.42 Å². The molecule has 1 heterocycles. The van der Waals surface area contributed by atoms with E-state index in [1.54, 1.807) is 0 Å². The lowest BCUT2D eigenvalue weighted by atomic mass is 10.1. The van der Waals surface area contributed by atoms with Crippen LogP contribution in [0.3, 0.4) is 0 Å². The van der Waals surface area contributed by atoms with Crippen LogP contribution in [0.2, 0.25) is 0 Å². The van der Waals surface area contributed by atoms with Gasteiger partial charge in [-0.2, -0.15) is 8.42 Å². The van der Waals surface area contributed by atoms with Gasteiger partial charge in [-0.25, -0.2) is 0 Å². The highest BCUT2D eigenvalue weighted by molar-refractivity contribution is 7.85. The molecule has 0 radical (unpaired) electrons. The van der Waals surface area contributed by atoms with Crippen LogP contribution < -0.4 is 0 Å². The molecule has 0 bridgehead atoms. The molecule has 0 saturated carbocycles. The summed E-state index contributed by atoms with van der Waals surface area (Å²) in [7, 11) is -1.31. The third kappa shape index (κ3) is 3.11. The van der Waals surface area contributed by atoms with Gasteiger partial charge < -0.3 is 4.57 Å². The molecule has 2 rings (SSSR count). The Labute approximate surface area is 107 Å². The van der Waals surface area contributed by atoms with Crippen molar-refractivity contribution in [2.45, 2.75) is 12.8 Å². The van der Waals surface area contributed by atoms with Crippen LogP contribution in [-0.2, 0) is 27.8 Å². The van der Waals surface area contributed by atoms with Crippen LogP contribution in [0, 0.1) is 0 Å². The number of hydrogen-bond donors (Lipinski definition) is 0. The largest absolute Gasteiger partial charge is 0.350 e. The maximum absolute atomic E-state index is 10.8. The molecule has 2 aromatic rings. The van der Waals surface area contributed by atoms with Gasteiger partial charge in [-0.3, -0.25) is 4.18 Å². The molecule has 0 unspecified atom stereocenters.